The first-order valence-corrected chi connectivity index (χ1v) is 9.35. The zero-order valence-electron chi connectivity index (χ0n) is 15.3. The molecule has 24 heavy (non-hydrogen) atoms. The van der Waals surface area contributed by atoms with E-state index in [9.17, 15) is 4.79 Å². The number of aliphatic imine (C=N–C) groups is 1. The summed E-state index contributed by atoms with van der Waals surface area (Å²) in [6.45, 7) is 5.67. The van der Waals surface area contributed by atoms with Gasteiger partial charge in [-0.15, -0.1) is 24.0 Å². The Morgan fingerprint density at radius 2 is 1.88 bits per heavy atom. The number of carbonyl (C=O) groups excluding carboxylic acids is 1. The highest BCUT2D eigenvalue weighted by atomic mass is 127. The average molecular weight is 451 g/mol. The molecule has 0 aromatic heterocycles. The minimum absolute atomic E-state index is 0. The lowest BCUT2D eigenvalue weighted by Crippen LogP contribution is -2.46. The van der Waals surface area contributed by atoms with Crippen molar-refractivity contribution in [2.45, 2.75) is 58.3 Å². The third kappa shape index (κ3) is 6.76. The number of likely N-dealkylation sites (tertiary alicyclic amines) is 1. The van der Waals surface area contributed by atoms with E-state index in [1.807, 2.05) is 0 Å². The van der Waals surface area contributed by atoms with Gasteiger partial charge in [-0.25, -0.2) is 0 Å². The van der Waals surface area contributed by atoms with Crippen LogP contribution in [0.4, 0.5) is 0 Å². The maximum absolute atomic E-state index is 11.6. The molecule has 0 aromatic carbocycles. The van der Waals surface area contributed by atoms with E-state index in [0.29, 0.717) is 0 Å². The summed E-state index contributed by atoms with van der Waals surface area (Å²) in [6, 6.07) is 0. The SMILES string of the molecule is CCNC(=NCCCC1CCCC1)N1CCC(C(=O)OC)CC1.I. The molecule has 0 spiro atoms. The Morgan fingerprint density at radius 3 is 2.46 bits per heavy atom. The minimum Gasteiger partial charge on any atom is -0.469 e. The molecule has 0 bridgehead atoms. The van der Waals surface area contributed by atoms with E-state index in [4.69, 9.17) is 9.73 Å². The molecule has 1 N–H and O–H groups in total. The Hall–Kier alpha value is -0.530. The van der Waals surface area contributed by atoms with Crippen LogP contribution in [0.15, 0.2) is 4.99 Å². The number of rotatable bonds is 6. The number of esters is 1. The second-order valence-electron chi connectivity index (χ2n) is 6.81. The Kier molecular flexibility index (Phi) is 10.7. The normalized spacial score (nSPS) is 19.9. The van der Waals surface area contributed by atoms with Gasteiger partial charge in [0.1, 0.15) is 0 Å². The smallest absolute Gasteiger partial charge is 0.308 e. The second-order valence-corrected chi connectivity index (χ2v) is 6.81. The number of piperidine rings is 1. The Bertz CT molecular complexity index is 390. The molecule has 6 heteroatoms. The summed E-state index contributed by atoms with van der Waals surface area (Å²) in [6.07, 6.45) is 9.93. The predicted molar refractivity (Wildman–Crippen MR) is 109 cm³/mol. The number of ether oxygens (including phenoxy) is 1. The van der Waals surface area contributed by atoms with Crippen LogP contribution in [0.2, 0.25) is 0 Å². The van der Waals surface area contributed by atoms with Crippen LogP contribution >= 0.6 is 24.0 Å². The number of halogens is 1. The van der Waals surface area contributed by atoms with Crippen LogP contribution < -0.4 is 5.32 Å². The molecule has 2 fully saturated rings. The van der Waals surface area contributed by atoms with Gasteiger partial charge in [0.05, 0.1) is 13.0 Å². The number of carbonyl (C=O) groups is 1. The standard InChI is InChI=1S/C18H33N3O2.HI/c1-3-19-18(20-12-6-9-15-7-4-5-8-15)21-13-10-16(11-14-21)17(22)23-2;/h15-16H,3-14H2,1-2H3,(H,19,20);1H. The molecule has 0 aromatic rings. The van der Waals surface area contributed by atoms with Crippen LogP contribution in [0.1, 0.15) is 58.3 Å². The molecule has 1 aliphatic carbocycles. The molecule has 1 saturated carbocycles. The number of methoxy groups -OCH3 is 1. The fraction of sp³-hybridized carbons (Fsp3) is 0.889. The number of hydrogen-bond donors (Lipinski definition) is 1. The zero-order valence-corrected chi connectivity index (χ0v) is 17.6. The van der Waals surface area contributed by atoms with Gasteiger partial charge in [-0.05, 0) is 38.5 Å². The van der Waals surface area contributed by atoms with Crippen molar-refractivity contribution in [1.82, 2.24) is 10.2 Å². The van der Waals surface area contributed by atoms with Crippen LogP contribution in [-0.2, 0) is 9.53 Å². The van der Waals surface area contributed by atoms with Crippen molar-refractivity contribution < 1.29 is 9.53 Å². The monoisotopic (exact) mass is 451 g/mol. The highest BCUT2D eigenvalue weighted by Crippen LogP contribution is 2.28. The van der Waals surface area contributed by atoms with Gasteiger partial charge in [-0.3, -0.25) is 9.79 Å². The van der Waals surface area contributed by atoms with Gasteiger partial charge >= 0.3 is 5.97 Å². The summed E-state index contributed by atoms with van der Waals surface area (Å²) in [7, 11) is 1.48. The highest BCUT2D eigenvalue weighted by Gasteiger charge is 2.26. The van der Waals surface area contributed by atoms with E-state index in [-0.39, 0.29) is 35.9 Å². The number of hydrogen-bond acceptors (Lipinski definition) is 3. The summed E-state index contributed by atoms with van der Waals surface area (Å²) in [5.41, 5.74) is 0. The molecule has 0 atom stereocenters. The van der Waals surface area contributed by atoms with E-state index in [0.717, 1.165) is 50.9 Å². The van der Waals surface area contributed by atoms with E-state index in [2.05, 4.69) is 17.1 Å². The van der Waals surface area contributed by atoms with Gasteiger partial charge in [0, 0.05) is 26.2 Å². The fourth-order valence-corrected chi connectivity index (χ4v) is 3.78. The van der Waals surface area contributed by atoms with E-state index in [1.54, 1.807) is 0 Å². The summed E-state index contributed by atoms with van der Waals surface area (Å²) < 4.78 is 4.86. The second kappa shape index (κ2) is 11.9. The van der Waals surface area contributed by atoms with Crippen molar-refractivity contribution in [2.75, 3.05) is 33.3 Å². The first-order valence-electron chi connectivity index (χ1n) is 9.35. The first-order chi connectivity index (χ1) is 11.2. The van der Waals surface area contributed by atoms with Crippen LogP contribution in [-0.4, -0.2) is 50.1 Å². The zero-order chi connectivity index (χ0) is 16.5. The van der Waals surface area contributed by atoms with Gasteiger partial charge in [0.25, 0.3) is 0 Å². The van der Waals surface area contributed by atoms with E-state index in [1.165, 1.54) is 45.6 Å². The molecule has 5 nitrogen and oxygen atoms in total. The van der Waals surface area contributed by atoms with Gasteiger partial charge in [0.2, 0.25) is 0 Å². The summed E-state index contributed by atoms with van der Waals surface area (Å²) >= 11 is 0. The molecular weight excluding hydrogens is 417 g/mol. The molecule has 0 unspecified atom stereocenters. The summed E-state index contributed by atoms with van der Waals surface area (Å²) in [5.74, 6) is 1.95. The van der Waals surface area contributed by atoms with Crippen molar-refractivity contribution in [2.24, 2.45) is 16.8 Å². The Morgan fingerprint density at radius 1 is 1.21 bits per heavy atom. The average Bonchev–Trinajstić information content (AvgIpc) is 3.10. The number of nitrogens with one attached hydrogen (secondary N) is 1. The molecule has 1 heterocycles. The molecule has 2 rings (SSSR count). The maximum Gasteiger partial charge on any atom is 0.308 e. The van der Waals surface area contributed by atoms with E-state index < -0.39 is 0 Å². The summed E-state index contributed by atoms with van der Waals surface area (Å²) in [5, 5.41) is 3.40. The van der Waals surface area contributed by atoms with Crippen molar-refractivity contribution >= 4 is 35.9 Å². The van der Waals surface area contributed by atoms with Crippen LogP contribution in [0.3, 0.4) is 0 Å². The molecule has 140 valence electrons. The molecule has 0 radical (unpaired) electrons. The Labute approximate surface area is 164 Å². The van der Waals surface area contributed by atoms with Crippen LogP contribution in [0.25, 0.3) is 0 Å². The third-order valence-electron chi connectivity index (χ3n) is 5.17. The van der Waals surface area contributed by atoms with Crippen LogP contribution in [0, 0.1) is 11.8 Å². The molecular formula is C18H34IN3O2. The van der Waals surface area contributed by atoms with Gasteiger partial charge < -0.3 is 15.0 Å². The maximum atomic E-state index is 11.6. The lowest BCUT2D eigenvalue weighted by Gasteiger charge is -2.33. The molecule has 2 aliphatic rings. The fourth-order valence-electron chi connectivity index (χ4n) is 3.78. The van der Waals surface area contributed by atoms with Crippen LogP contribution in [0.5, 0.6) is 0 Å². The lowest BCUT2D eigenvalue weighted by molar-refractivity contribution is -0.146. The number of guanidine groups is 1. The molecule has 1 saturated heterocycles. The first kappa shape index (κ1) is 21.5. The Balaban J connectivity index is 0.00000288. The van der Waals surface area contributed by atoms with Gasteiger partial charge in [0.15, 0.2) is 5.96 Å². The molecule has 1 aliphatic heterocycles. The topological polar surface area (TPSA) is 53.9 Å². The number of nitrogens with zero attached hydrogens (tertiary/aromatic N) is 2. The van der Waals surface area contributed by atoms with Crippen molar-refractivity contribution in [3.05, 3.63) is 0 Å². The van der Waals surface area contributed by atoms with Gasteiger partial charge in [-0.2, -0.15) is 0 Å². The van der Waals surface area contributed by atoms with Crippen molar-refractivity contribution in [3.8, 4) is 0 Å². The highest BCUT2D eigenvalue weighted by molar-refractivity contribution is 14.0. The van der Waals surface area contributed by atoms with Crippen molar-refractivity contribution in [1.29, 1.82) is 0 Å². The minimum atomic E-state index is -0.0665. The largest absolute Gasteiger partial charge is 0.469 e. The van der Waals surface area contributed by atoms with E-state index >= 15 is 0 Å². The quantitative estimate of drug-likeness (QED) is 0.221. The van der Waals surface area contributed by atoms with Crippen molar-refractivity contribution in [3.63, 3.8) is 0 Å². The summed E-state index contributed by atoms with van der Waals surface area (Å²) in [4.78, 5) is 18.7. The van der Waals surface area contributed by atoms with Gasteiger partial charge in [-0.1, -0.05) is 25.7 Å². The molecule has 0 amide bonds. The lowest BCUT2D eigenvalue weighted by atomic mass is 9.97. The third-order valence-corrected chi connectivity index (χ3v) is 5.17. The predicted octanol–water partition coefficient (Wildman–Crippen LogP) is 3.43.